The summed E-state index contributed by atoms with van der Waals surface area (Å²) in [7, 11) is -3.06. The second kappa shape index (κ2) is 8.49. The maximum atomic E-state index is 12.8. The smallest absolute Gasteiger partial charge is 0.239 e. The van der Waals surface area contributed by atoms with Crippen LogP contribution in [-0.2, 0) is 27.7 Å². The van der Waals surface area contributed by atoms with Crippen LogP contribution in [0.15, 0.2) is 51.7 Å². The molecule has 3 aromatic rings. The molecule has 4 rings (SSSR count). The lowest BCUT2D eigenvalue weighted by molar-refractivity contribution is -0.117. The number of anilines is 1. The van der Waals surface area contributed by atoms with Crippen LogP contribution in [0.2, 0.25) is 0 Å². The van der Waals surface area contributed by atoms with Crippen LogP contribution in [0.1, 0.15) is 29.7 Å². The summed E-state index contributed by atoms with van der Waals surface area (Å²) in [4.78, 5) is 14.7. The number of carbonyl (C=O) groups excluding carboxylic acids is 1. The Bertz CT molecular complexity index is 1050. The van der Waals surface area contributed by atoms with E-state index in [-0.39, 0.29) is 30.0 Å². The summed E-state index contributed by atoms with van der Waals surface area (Å²) in [5.41, 5.74) is 0.720. The van der Waals surface area contributed by atoms with E-state index in [1.807, 2.05) is 24.0 Å². The molecule has 1 N–H and O–H groups in total. The maximum Gasteiger partial charge on any atom is 0.239 e. The highest BCUT2D eigenvalue weighted by Gasteiger charge is 2.31. The van der Waals surface area contributed by atoms with Crippen molar-refractivity contribution < 1.29 is 22.0 Å². The van der Waals surface area contributed by atoms with Gasteiger partial charge in [-0.2, -0.15) is 5.10 Å². The van der Waals surface area contributed by atoms with Crippen LogP contribution in [0, 0.1) is 6.92 Å². The molecule has 0 bridgehead atoms. The molecule has 1 saturated heterocycles. The predicted molar refractivity (Wildman–Crippen MR) is 109 cm³/mol. The van der Waals surface area contributed by atoms with Crippen molar-refractivity contribution in [2.75, 3.05) is 23.4 Å². The Labute approximate surface area is 174 Å². The van der Waals surface area contributed by atoms with Crippen LogP contribution in [0.4, 0.5) is 5.82 Å². The number of nitrogens with one attached hydrogen (secondary N) is 1. The molecule has 1 atom stereocenters. The van der Waals surface area contributed by atoms with E-state index in [1.165, 1.54) is 0 Å². The molecule has 0 radical (unpaired) electrons. The standard InChI is InChI=1S/C20H24N4O5S/c1-15-10-19(24(22-15)16-6-9-30(26,27)14-16)21-20(25)13-23(11-17-4-2-7-28-17)12-18-5-3-8-29-18/h2-5,7-8,10,16H,6,9,11-14H2,1H3,(H,21,25). The lowest BCUT2D eigenvalue weighted by atomic mass is 10.3. The molecular formula is C20H24N4O5S. The predicted octanol–water partition coefficient (Wildman–Crippen LogP) is 2.38. The number of hydrogen-bond donors (Lipinski definition) is 1. The number of hydrogen-bond acceptors (Lipinski definition) is 7. The molecule has 1 aliphatic rings. The van der Waals surface area contributed by atoms with Gasteiger partial charge in [0.05, 0.1) is 55.4 Å². The molecule has 1 aliphatic heterocycles. The van der Waals surface area contributed by atoms with Gasteiger partial charge in [0.25, 0.3) is 0 Å². The lowest BCUT2D eigenvalue weighted by Gasteiger charge is -2.20. The van der Waals surface area contributed by atoms with Crippen molar-refractivity contribution in [3.63, 3.8) is 0 Å². The minimum absolute atomic E-state index is 0.0418. The molecule has 160 valence electrons. The van der Waals surface area contributed by atoms with Crippen LogP contribution in [0.5, 0.6) is 0 Å². The lowest BCUT2D eigenvalue weighted by Crippen LogP contribution is -2.33. The first-order valence-corrected chi connectivity index (χ1v) is 11.5. The van der Waals surface area contributed by atoms with Gasteiger partial charge in [0.1, 0.15) is 17.3 Å². The molecule has 0 saturated carbocycles. The maximum absolute atomic E-state index is 12.8. The van der Waals surface area contributed by atoms with Crippen molar-refractivity contribution in [1.82, 2.24) is 14.7 Å². The van der Waals surface area contributed by atoms with Crippen molar-refractivity contribution in [2.24, 2.45) is 0 Å². The number of sulfone groups is 1. The van der Waals surface area contributed by atoms with E-state index in [0.717, 1.165) is 17.2 Å². The summed E-state index contributed by atoms with van der Waals surface area (Å²) in [6, 6.07) is 8.81. The Morgan fingerprint density at radius 2 is 1.90 bits per heavy atom. The Balaban J connectivity index is 1.45. The Hall–Kier alpha value is -2.85. The molecule has 9 nitrogen and oxygen atoms in total. The number of amides is 1. The van der Waals surface area contributed by atoms with E-state index in [0.29, 0.717) is 25.3 Å². The largest absolute Gasteiger partial charge is 0.468 e. The van der Waals surface area contributed by atoms with Crippen LogP contribution in [0.25, 0.3) is 0 Å². The average Bonchev–Trinajstić information content (AvgIpc) is 3.44. The second-order valence-electron chi connectivity index (χ2n) is 7.52. The van der Waals surface area contributed by atoms with Crippen molar-refractivity contribution in [3.05, 3.63) is 60.1 Å². The van der Waals surface area contributed by atoms with Crippen molar-refractivity contribution in [2.45, 2.75) is 32.5 Å². The van der Waals surface area contributed by atoms with Gasteiger partial charge in [-0.15, -0.1) is 0 Å². The van der Waals surface area contributed by atoms with Gasteiger partial charge < -0.3 is 14.2 Å². The van der Waals surface area contributed by atoms with E-state index in [1.54, 1.807) is 35.4 Å². The zero-order valence-corrected chi connectivity index (χ0v) is 17.5. The van der Waals surface area contributed by atoms with Gasteiger partial charge in [-0.05, 0) is 37.6 Å². The minimum atomic E-state index is -3.06. The fraction of sp³-hybridized carbons (Fsp3) is 0.400. The molecule has 3 aromatic heterocycles. The molecule has 0 spiro atoms. The van der Waals surface area contributed by atoms with Crippen molar-refractivity contribution >= 4 is 21.6 Å². The normalized spacial score (nSPS) is 18.1. The summed E-state index contributed by atoms with van der Waals surface area (Å²) >= 11 is 0. The summed E-state index contributed by atoms with van der Waals surface area (Å²) in [5.74, 6) is 1.95. The average molecular weight is 433 g/mol. The van der Waals surface area contributed by atoms with Crippen LogP contribution in [0.3, 0.4) is 0 Å². The Kier molecular flexibility index (Phi) is 5.78. The third kappa shape index (κ3) is 5.00. The van der Waals surface area contributed by atoms with E-state index >= 15 is 0 Å². The number of nitrogens with zero attached hydrogens (tertiary/aromatic N) is 3. The molecule has 1 fully saturated rings. The van der Waals surface area contributed by atoms with Crippen LogP contribution >= 0.6 is 0 Å². The quantitative estimate of drug-likeness (QED) is 0.582. The third-order valence-corrected chi connectivity index (χ3v) is 6.72. The van der Waals surface area contributed by atoms with E-state index < -0.39 is 9.84 Å². The third-order valence-electron chi connectivity index (χ3n) is 4.97. The first kappa shape index (κ1) is 20.4. The highest BCUT2D eigenvalue weighted by molar-refractivity contribution is 7.91. The molecular weight excluding hydrogens is 408 g/mol. The molecule has 4 heterocycles. The van der Waals surface area contributed by atoms with Gasteiger partial charge in [-0.3, -0.25) is 9.69 Å². The number of carbonyl (C=O) groups is 1. The number of furan rings is 2. The number of rotatable bonds is 8. The molecule has 1 unspecified atom stereocenters. The SMILES string of the molecule is Cc1cc(NC(=O)CN(Cc2ccco2)Cc2ccco2)n(C2CCS(=O)(=O)C2)n1. The van der Waals surface area contributed by atoms with Crippen molar-refractivity contribution in [1.29, 1.82) is 0 Å². The second-order valence-corrected chi connectivity index (χ2v) is 9.75. The monoisotopic (exact) mass is 432 g/mol. The van der Waals surface area contributed by atoms with Gasteiger partial charge in [0, 0.05) is 6.07 Å². The Morgan fingerprint density at radius 3 is 2.43 bits per heavy atom. The zero-order valence-electron chi connectivity index (χ0n) is 16.7. The highest BCUT2D eigenvalue weighted by Crippen LogP contribution is 2.27. The summed E-state index contributed by atoms with van der Waals surface area (Å²) < 4.78 is 36.2. The summed E-state index contributed by atoms with van der Waals surface area (Å²) in [5, 5.41) is 7.30. The topological polar surface area (TPSA) is 111 Å². The van der Waals surface area contributed by atoms with E-state index in [4.69, 9.17) is 8.83 Å². The van der Waals surface area contributed by atoms with Crippen LogP contribution < -0.4 is 5.32 Å². The number of aromatic nitrogens is 2. The molecule has 10 heteroatoms. The van der Waals surface area contributed by atoms with Gasteiger partial charge >= 0.3 is 0 Å². The fourth-order valence-electron chi connectivity index (χ4n) is 3.66. The summed E-state index contributed by atoms with van der Waals surface area (Å²) in [6.07, 6.45) is 3.68. The molecule has 30 heavy (non-hydrogen) atoms. The summed E-state index contributed by atoms with van der Waals surface area (Å²) in [6.45, 7) is 2.81. The highest BCUT2D eigenvalue weighted by atomic mass is 32.2. The molecule has 1 amide bonds. The molecule has 0 aliphatic carbocycles. The fourth-order valence-corrected chi connectivity index (χ4v) is 5.35. The van der Waals surface area contributed by atoms with Gasteiger partial charge in [0.15, 0.2) is 9.84 Å². The van der Waals surface area contributed by atoms with Crippen LogP contribution in [-0.4, -0.2) is 47.1 Å². The minimum Gasteiger partial charge on any atom is -0.468 e. The first-order valence-electron chi connectivity index (χ1n) is 9.71. The number of aryl methyl sites for hydroxylation is 1. The Morgan fingerprint density at radius 1 is 1.23 bits per heavy atom. The van der Waals surface area contributed by atoms with Crippen molar-refractivity contribution in [3.8, 4) is 0 Å². The van der Waals surface area contributed by atoms with E-state index in [9.17, 15) is 13.2 Å². The first-order chi connectivity index (χ1) is 14.4. The van der Waals surface area contributed by atoms with E-state index in [2.05, 4.69) is 10.4 Å². The zero-order chi connectivity index (χ0) is 21.1. The van der Waals surface area contributed by atoms with Gasteiger partial charge in [-0.1, -0.05) is 0 Å². The molecule has 0 aromatic carbocycles. The van der Waals surface area contributed by atoms with Gasteiger partial charge in [0.2, 0.25) is 5.91 Å². The van der Waals surface area contributed by atoms with Gasteiger partial charge in [-0.25, -0.2) is 13.1 Å².